The number of hydrogen-bond donors (Lipinski definition) is 2. The van der Waals surface area contributed by atoms with Gasteiger partial charge in [0.25, 0.3) is 0 Å². The summed E-state index contributed by atoms with van der Waals surface area (Å²) in [6.45, 7) is 9.96. The average Bonchev–Trinajstić information content (AvgIpc) is 2.16. The van der Waals surface area contributed by atoms with Crippen LogP contribution in [0.3, 0.4) is 0 Å². The summed E-state index contributed by atoms with van der Waals surface area (Å²) in [7, 11) is 0. The van der Waals surface area contributed by atoms with Gasteiger partial charge in [-0.3, -0.25) is 0 Å². The molecule has 0 amide bonds. The second-order valence-corrected chi connectivity index (χ2v) is 3.64. The fraction of sp³-hybridized carbons (Fsp3) is 0.833. The van der Waals surface area contributed by atoms with E-state index in [1.807, 2.05) is 0 Å². The van der Waals surface area contributed by atoms with Crippen LogP contribution in [0, 0.1) is 0 Å². The Morgan fingerprint density at radius 1 is 0.842 bits per heavy atom. The van der Waals surface area contributed by atoms with Crippen molar-refractivity contribution in [2.45, 2.75) is 66.6 Å². The first kappa shape index (κ1) is 31.1. The third-order valence-electron chi connectivity index (χ3n) is 0.577. The first-order valence-corrected chi connectivity index (χ1v) is 5.76. The molecule has 0 heterocycles. The van der Waals surface area contributed by atoms with Crippen molar-refractivity contribution in [1.82, 2.24) is 0 Å². The molecule has 0 aliphatic rings. The molecular weight excluding hydrogens is 288 g/mol. The van der Waals surface area contributed by atoms with Gasteiger partial charge in [0, 0.05) is 24.1 Å². The van der Waals surface area contributed by atoms with Crippen LogP contribution in [-0.2, 0) is 31.3 Å². The normalized spacial score (nSPS) is 7.68. The minimum absolute atomic E-state index is 0. The molecule has 0 saturated heterocycles. The van der Waals surface area contributed by atoms with E-state index >= 15 is 0 Å². The van der Waals surface area contributed by atoms with Crippen molar-refractivity contribution < 1.29 is 51.7 Å². The van der Waals surface area contributed by atoms with Gasteiger partial charge in [-0.05, 0) is 40.5 Å². The zero-order valence-corrected chi connectivity index (χ0v) is 14.2. The van der Waals surface area contributed by atoms with Gasteiger partial charge in [-0.2, -0.15) is 0 Å². The number of aliphatic carboxylic acids is 2. The zero-order chi connectivity index (χ0) is 15.7. The molecule has 0 aromatic carbocycles. The Labute approximate surface area is 130 Å². The molecule has 0 aromatic rings. The van der Waals surface area contributed by atoms with Crippen LogP contribution in [0.5, 0.6) is 0 Å². The van der Waals surface area contributed by atoms with Crippen molar-refractivity contribution >= 4 is 11.9 Å². The van der Waals surface area contributed by atoms with Crippen molar-refractivity contribution in [3.8, 4) is 0 Å². The molecule has 0 rings (SSSR count). The number of hydrogen-bond acceptors (Lipinski definition) is 6. The fourth-order valence-electron chi connectivity index (χ4n) is 0. The molecule has 0 radical (unpaired) electrons. The summed E-state index contributed by atoms with van der Waals surface area (Å²) in [4.78, 5) is 18.5. The van der Waals surface area contributed by atoms with E-state index in [1.54, 1.807) is 27.7 Å². The van der Waals surface area contributed by atoms with Gasteiger partial charge in [0.05, 0.1) is 0 Å². The van der Waals surface area contributed by atoms with Gasteiger partial charge in [0.15, 0.2) is 0 Å². The van der Waals surface area contributed by atoms with E-state index in [4.69, 9.17) is 10.2 Å². The second-order valence-electron chi connectivity index (χ2n) is 3.64. The molecule has 19 heavy (non-hydrogen) atoms. The van der Waals surface area contributed by atoms with Gasteiger partial charge >= 0.3 is 21.7 Å². The Morgan fingerprint density at radius 3 is 0.895 bits per heavy atom. The minimum Gasteiger partial charge on any atom is -0.550 e. The van der Waals surface area contributed by atoms with E-state index < -0.39 is 11.9 Å². The first-order valence-electron chi connectivity index (χ1n) is 5.76. The summed E-state index contributed by atoms with van der Waals surface area (Å²) in [5.74, 6) is -1.99. The van der Waals surface area contributed by atoms with Gasteiger partial charge in [0.2, 0.25) is 0 Å². The maximum atomic E-state index is 9.26. The Hall–Kier alpha value is -0.426. The molecule has 7 heteroatoms. The molecule has 0 aromatic heterocycles. The molecule has 2 N–H and O–H groups in total. The van der Waals surface area contributed by atoms with Crippen LogP contribution in [0.1, 0.15) is 54.4 Å². The maximum absolute atomic E-state index is 9.26. The van der Waals surface area contributed by atoms with Gasteiger partial charge in [-0.25, -0.2) is 0 Å². The Morgan fingerprint density at radius 2 is 0.895 bits per heavy atom. The van der Waals surface area contributed by atoms with Crippen LogP contribution in [0.15, 0.2) is 0 Å². The topological polar surface area (TPSA) is 121 Å². The molecule has 0 aliphatic heterocycles. The SMILES string of the molecule is CC(C)O.CC(C)O.CCC(=O)[O-].CCC(=O)[O-].[Ti+2]. The van der Waals surface area contributed by atoms with Crippen molar-refractivity contribution in [1.29, 1.82) is 0 Å². The number of carboxylic acid groups (broad SMARTS) is 2. The number of carbonyl (C=O) groups excluding carboxylic acids is 2. The predicted octanol–water partition coefficient (Wildman–Crippen LogP) is -0.936. The van der Waals surface area contributed by atoms with Crippen LogP contribution in [0.4, 0.5) is 0 Å². The fourth-order valence-corrected chi connectivity index (χ4v) is 0. The van der Waals surface area contributed by atoms with Gasteiger partial charge in [-0.1, -0.05) is 13.8 Å². The van der Waals surface area contributed by atoms with Gasteiger partial charge < -0.3 is 30.0 Å². The van der Waals surface area contributed by atoms with E-state index in [-0.39, 0.29) is 46.8 Å². The largest absolute Gasteiger partial charge is 2.00 e. The summed E-state index contributed by atoms with van der Waals surface area (Å²) >= 11 is 0. The summed E-state index contributed by atoms with van der Waals surface area (Å²) < 4.78 is 0. The number of aliphatic hydroxyl groups excluding tert-OH is 2. The maximum Gasteiger partial charge on any atom is 2.00 e. The number of aliphatic hydroxyl groups is 2. The zero-order valence-electron chi connectivity index (χ0n) is 12.6. The number of rotatable bonds is 2. The molecule has 0 atom stereocenters. The number of carboxylic acids is 2. The van der Waals surface area contributed by atoms with Gasteiger partial charge in [-0.15, -0.1) is 0 Å². The molecule has 6 nitrogen and oxygen atoms in total. The Balaban J connectivity index is -0.0000000453. The summed E-state index contributed by atoms with van der Waals surface area (Å²) in [5.41, 5.74) is 0. The molecule has 0 aliphatic carbocycles. The molecule has 0 saturated carbocycles. The van der Waals surface area contributed by atoms with Crippen molar-refractivity contribution in [3.05, 3.63) is 0 Å². The smallest absolute Gasteiger partial charge is 0.550 e. The van der Waals surface area contributed by atoms with E-state index in [9.17, 15) is 19.8 Å². The van der Waals surface area contributed by atoms with E-state index in [0.717, 1.165) is 0 Å². The number of carbonyl (C=O) groups is 2. The third kappa shape index (κ3) is 334. The minimum atomic E-state index is -0.995. The predicted molar refractivity (Wildman–Crippen MR) is 65.3 cm³/mol. The van der Waals surface area contributed by atoms with Crippen molar-refractivity contribution in [2.24, 2.45) is 0 Å². The summed E-state index contributed by atoms with van der Waals surface area (Å²) in [6, 6.07) is 0. The molecule has 0 spiro atoms. The molecular formula is C12H26O6Ti. The van der Waals surface area contributed by atoms with Crippen LogP contribution in [-0.4, -0.2) is 34.4 Å². The van der Waals surface area contributed by atoms with E-state index in [0.29, 0.717) is 0 Å². The van der Waals surface area contributed by atoms with Crippen LogP contribution < -0.4 is 10.2 Å². The first-order chi connectivity index (χ1) is 8.00. The second kappa shape index (κ2) is 26.2. The summed E-state index contributed by atoms with van der Waals surface area (Å²) in [6.07, 6.45) is -0.111. The third-order valence-corrected chi connectivity index (χ3v) is 0.577. The average molecular weight is 314 g/mol. The summed E-state index contributed by atoms with van der Waals surface area (Å²) in [5, 5.41) is 34.6. The van der Waals surface area contributed by atoms with E-state index in [1.165, 1.54) is 13.8 Å². The quantitative estimate of drug-likeness (QED) is 0.635. The Kier molecular flexibility index (Phi) is 42.9. The molecule has 0 unspecified atom stereocenters. The van der Waals surface area contributed by atoms with Crippen LogP contribution >= 0.6 is 0 Å². The van der Waals surface area contributed by atoms with Gasteiger partial charge in [0.1, 0.15) is 0 Å². The van der Waals surface area contributed by atoms with Crippen LogP contribution in [0.2, 0.25) is 0 Å². The monoisotopic (exact) mass is 314 g/mol. The Bertz CT molecular complexity index is 158. The molecule has 0 fully saturated rings. The van der Waals surface area contributed by atoms with Crippen molar-refractivity contribution in [2.75, 3.05) is 0 Å². The molecule has 0 bridgehead atoms. The molecule has 114 valence electrons. The van der Waals surface area contributed by atoms with Crippen LogP contribution in [0.25, 0.3) is 0 Å². The van der Waals surface area contributed by atoms with Crippen molar-refractivity contribution in [3.63, 3.8) is 0 Å². The van der Waals surface area contributed by atoms with E-state index in [2.05, 4.69) is 0 Å². The standard InChI is InChI=1S/2C3H6O2.2C3H8O.Ti/c2*1-2-3(4)5;2*1-3(2)4;/h2*2H2,1H3,(H,4,5);2*3-4H,1-2H3;/q;;;;+2/p-2.